The lowest BCUT2D eigenvalue weighted by Crippen LogP contribution is -2.22. The van der Waals surface area contributed by atoms with Crippen LogP contribution in [0.3, 0.4) is 0 Å². The van der Waals surface area contributed by atoms with E-state index in [-0.39, 0.29) is 11.3 Å². The summed E-state index contributed by atoms with van der Waals surface area (Å²) in [5.74, 6) is 0.932. The standard InChI is InChI=1S/C19H25NO2S/c1-19(2,3)15-8-10-16(11-9-15)22-12-4-7-18(21)20-14-17-6-5-13-23-17/h5-6,8-11,13H,4,7,12,14H2,1-3H3,(H,20,21). The summed E-state index contributed by atoms with van der Waals surface area (Å²) in [5.41, 5.74) is 1.44. The van der Waals surface area contributed by atoms with Crippen molar-refractivity contribution in [2.75, 3.05) is 6.61 Å². The van der Waals surface area contributed by atoms with E-state index in [9.17, 15) is 4.79 Å². The fraction of sp³-hybridized carbons (Fsp3) is 0.421. The van der Waals surface area contributed by atoms with Gasteiger partial charge in [0.2, 0.25) is 5.91 Å². The maximum absolute atomic E-state index is 11.7. The molecule has 0 aliphatic carbocycles. The predicted molar refractivity (Wildman–Crippen MR) is 96.0 cm³/mol. The largest absolute Gasteiger partial charge is 0.494 e. The van der Waals surface area contributed by atoms with E-state index in [0.717, 1.165) is 12.2 Å². The Hall–Kier alpha value is -1.81. The van der Waals surface area contributed by atoms with Crippen molar-refractivity contribution in [2.45, 2.75) is 45.6 Å². The van der Waals surface area contributed by atoms with Gasteiger partial charge in [-0.1, -0.05) is 39.0 Å². The molecule has 0 spiro atoms. The van der Waals surface area contributed by atoms with Gasteiger partial charge in [0.1, 0.15) is 5.75 Å². The molecule has 124 valence electrons. The van der Waals surface area contributed by atoms with Crippen molar-refractivity contribution in [1.29, 1.82) is 0 Å². The summed E-state index contributed by atoms with van der Waals surface area (Å²) in [4.78, 5) is 12.9. The van der Waals surface area contributed by atoms with Crippen LogP contribution >= 0.6 is 11.3 Å². The molecule has 1 heterocycles. The van der Waals surface area contributed by atoms with Crippen LogP contribution in [0, 0.1) is 0 Å². The second-order valence-corrected chi connectivity index (χ2v) is 7.61. The van der Waals surface area contributed by atoms with Crippen LogP contribution < -0.4 is 10.1 Å². The predicted octanol–water partition coefficient (Wildman–Crippen LogP) is 4.52. The van der Waals surface area contributed by atoms with Crippen molar-refractivity contribution in [3.63, 3.8) is 0 Å². The minimum Gasteiger partial charge on any atom is -0.494 e. The zero-order valence-corrected chi connectivity index (χ0v) is 14.9. The van der Waals surface area contributed by atoms with E-state index < -0.39 is 0 Å². The molecule has 1 aromatic heterocycles. The fourth-order valence-electron chi connectivity index (χ4n) is 2.16. The van der Waals surface area contributed by atoms with Gasteiger partial charge in [-0.25, -0.2) is 0 Å². The molecule has 0 unspecified atom stereocenters. The highest BCUT2D eigenvalue weighted by molar-refractivity contribution is 7.09. The third kappa shape index (κ3) is 6.06. The first-order valence-corrected chi connectivity index (χ1v) is 8.85. The maximum atomic E-state index is 11.7. The van der Waals surface area contributed by atoms with Crippen LogP contribution in [0.5, 0.6) is 5.75 Å². The third-order valence-electron chi connectivity index (χ3n) is 3.58. The Kier molecular flexibility index (Phi) is 6.22. The number of nitrogens with one attached hydrogen (secondary N) is 1. The Bertz CT molecular complexity index is 597. The van der Waals surface area contributed by atoms with Gasteiger partial charge in [-0.15, -0.1) is 11.3 Å². The van der Waals surface area contributed by atoms with Crippen LogP contribution in [-0.2, 0) is 16.8 Å². The van der Waals surface area contributed by atoms with E-state index in [0.29, 0.717) is 19.6 Å². The van der Waals surface area contributed by atoms with E-state index >= 15 is 0 Å². The molecular formula is C19H25NO2S. The van der Waals surface area contributed by atoms with Crippen LogP contribution in [0.15, 0.2) is 41.8 Å². The van der Waals surface area contributed by atoms with Gasteiger partial charge in [-0.05, 0) is 41.0 Å². The number of ether oxygens (including phenoxy) is 1. The number of carbonyl (C=O) groups is 1. The number of benzene rings is 1. The number of amides is 1. The molecule has 4 heteroatoms. The summed E-state index contributed by atoms with van der Waals surface area (Å²) in [6.45, 7) is 7.75. The second kappa shape index (κ2) is 8.16. The van der Waals surface area contributed by atoms with E-state index in [2.05, 4.69) is 38.2 Å². The number of thiophene rings is 1. The molecule has 0 aliphatic rings. The topological polar surface area (TPSA) is 38.3 Å². The van der Waals surface area contributed by atoms with Crippen LogP contribution in [0.25, 0.3) is 0 Å². The summed E-state index contributed by atoms with van der Waals surface area (Å²) < 4.78 is 5.70. The van der Waals surface area contributed by atoms with Crippen molar-refractivity contribution < 1.29 is 9.53 Å². The Morgan fingerprint density at radius 1 is 1.17 bits per heavy atom. The zero-order valence-electron chi connectivity index (χ0n) is 14.1. The molecule has 0 saturated carbocycles. The van der Waals surface area contributed by atoms with Gasteiger partial charge in [0.05, 0.1) is 13.2 Å². The Morgan fingerprint density at radius 3 is 2.52 bits per heavy atom. The lowest BCUT2D eigenvalue weighted by Gasteiger charge is -2.19. The van der Waals surface area contributed by atoms with E-state index in [1.807, 2.05) is 29.6 Å². The molecule has 0 fully saturated rings. The summed E-state index contributed by atoms with van der Waals surface area (Å²) >= 11 is 1.65. The molecular weight excluding hydrogens is 306 g/mol. The number of hydrogen-bond acceptors (Lipinski definition) is 3. The van der Waals surface area contributed by atoms with Crippen molar-refractivity contribution in [3.05, 3.63) is 52.2 Å². The lowest BCUT2D eigenvalue weighted by atomic mass is 9.87. The van der Waals surface area contributed by atoms with Gasteiger partial charge in [0, 0.05) is 11.3 Å². The van der Waals surface area contributed by atoms with Crippen LogP contribution in [0.1, 0.15) is 44.1 Å². The lowest BCUT2D eigenvalue weighted by molar-refractivity contribution is -0.121. The van der Waals surface area contributed by atoms with Gasteiger partial charge in [0.25, 0.3) is 0 Å². The highest BCUT2D eigenvalue weighted by Crippen LogP contribution is 2.24. The average Bonchev–Trinajstić information content (AvgIpc) is 3.02. The Labute approximate surface area is 142 Å². The van der Waals surface area contributed by atoms with Crippen LogP contribution in [-0.4, -0.2) is 12.5 Å². The molecule has 3 nitrogen and oxygen atoms in total. The zero-order chi connectivity index (χ0) is 16.7. The van der Waals surface area contributed by atoms with Gasteiger partial charge < -0.3 is 10.1 Å². The van der Waals surface area contributed by atoms with Gasteiger partial charge in [0.15, 0.2) is 0 Å². The Balaban J connectivity index is 1.64. The van der Waals surface area contributed by atoms with Gasteiger partial charge in [-0.3, -0.25) is 4.79 Å². The van der Waals surface area contributed by atoms with Crippen molar-refractivity contribution >= 4 is 17.2 Å². The molecule has 0 bridgehead atoms. The highest BCUT2D eigenvalue weighted by atomic mass is 32.1. The summed E-state index contributed by atoms with van der Waals surface area (Å²) in [5, 5.41) is 4.94. The third-order valence-corrected chi connectivity index (χ3v) is 4.45. The SMILES string of the molecule is CC(C)(C)c1ccc(OCCCC(=O)NCc2cccs2)cc1. The fourth-order valence-corrected chi connectivity index (χ4v) is 2.81. The molecule has 2 rings (SSSR count). The molecule has 0 atom stereocenters. The smallest absolute Gasteiger partial charge is 0.220 e. The Morgan fingerprint density at radius 2 is 1.91 bits per heavy atom. The molecule has 2 aromatic rings. The second-order valence-electron chi connectivity index (χ2n) is 6.58. The first-order valence-electron chi connectivity index (χ1n) is 7.97. The number of carbonyl (C=O) groups excluding carboxylic acids is 1. The first kappa shape index (κ1) is 17.5. The molecule has 1 aromatic carbocycles. The van der Waals surface area contributed by atoms with Crippen LogP contribution in [0.4, 0.5) is 0 Å². The minimum atomic E-state index is 0.0741. The monoisotopic (exact) mass is 331 g/mol. The van der Waals surface area contributed by atoms with E-state index in [4.69, 9.17) is 4.74 Å². The average molecular weight is 331 g/mol. The summed E-state index contributed by atoms with van der Waals surface area (Å²) in [7, 11) is 0. The minimum absolute atomic E-state index is 0.0741. The van der Waals surface area contributed by atoms with Crippen molar-refractivity contribution in [1.82, 2.24) is 5.32 Å². The molecule has 23 heavy (non-hydrogen) atoms. The number of hydrogen-bond donors (Lipinski definition) is 1. The van der Waals surface area contributed by atoms with E-state index in [1.165, 1.54) is 10.4 Å². The summed E-state index contributed by atoms with van der Waals surface area (Å²) in [6, 6.07) is 12.2. The van der Waals surface area contributed by atoms with Crippen molar-refractivity contribution in [2.24, 2.45) is 0 Å². The molecule has 0 aliphatic heterocycles. The van der Waals surface area contributed by atoms with Crippen molar-refractivity contribution in [3.8, 4) is 5.75 Å². The highest BCUT2D eigenvalue weighted by Gasteiger charge is 2.12. The molecule has 0 saturated heterocycles. The molecule has 1 N–H and O–H groups in total. The van der Waals surface area contributed by atoms with Gasteiger partial charge in [-0.2, -0.15) is 0 Å². The maximum Gasteiger partial charge on any atom is 0.220 e. The van der Waals surface area contributed by atoms with E-state index in [1.54, 1.807) is 11.3 Å². The quantitative estimate of drug-likeness (QED) is 0.758. The summed E-state index contributed by atoms with van der Waals surface area (Å²) in [6.07, 6.45) is 1.21. The number of rotatable bonds is 7. The van der Waals surface area contributed by atoms with Gasteiger partial charge >= 0.3 is 0 Å². The molecule has 0 radical (unpaired) electrons. The van der Waals surface area contributed by atoms with Crippen LogP contribution in [0.2, 0.25) is 0 Å². The normalized spacial score (nSPS) is 11.3. The first-order chi connectivity index (χ1) is 10.9. The molecule has 1 amide bonds.